The number of aromatic amines is 1. The molecule has 0 radical (unpaired) electrons. The highest BCUT2D eigenvalue weighted by Gasteiger charge is 2.22. The van der Waals surface area contributed by atoms with Gasteiger partial charge in [-0.25, -0.2) is 4.98 Å². The highest BCUT2D eigenvalue weighted by molar-refractivity contribution is 5.78. The van der Waals surface area contributed by atoms with Crippen LogP contribution >= 0.6 is 0 Å². The number of likely N-dealkylation sites (N-methyl/N-ethyl adjacent to an activating group) is 2. The van der Waals surface area contributed by atoms with Crippen molar-refractivity contribution in [3.63, 3.8) is 0 Å². The fourth-order valence-corrected chi connectivity index (χ4v) is 3.54. The molecule has 1 aliphatic rings. The Balaban J connectivity index is 1.63. The van der Waals surface area contributed by atoms with Crippen molar-refractivity contribution < 1.29 is 4.79 Å². The second kappa shape index (κ2) is 7.78. The summed E-state index contributed by atoms with van der Waals surface area (Å²) in [5.74, 6) is 0.705. The van der Waals surface area contributed by atoms with E-state index in [1.165, 1.54) is 19.3 Å². The maximum absolute atomic E-state index is 12.5. The van der Waals surface area contributed by atoms with Crippen LogP contribution in [0.1, 0.15) is 37.9 Å². The minimum atomic E-state index is -0.139. The van der Waals surface area contributed by atoms with E-state index in [1.54, 1.807) is 6.07 Å². The predicted molar refractivity (Wildman–Crippen MR) is 98.3 cm³/mol. The van der Waals surface area contributed by atoms with Gasteiger partial charge >= 0.3 is 0 Å². The number of rotatable bonds is 5. The molecule has 0 bridgehead atoms. The lowest BCUT2D eigenvalue weighted by atomic mass is 9.94. The molecule has 0 unspecified atom stereocenters. The Morgan fingerprint density at radius 1 is 1.20 bits per heavy atom. The molecule has 2 aromatic rings. The van der Waals surface area contributed by atoms with Gasteiger partial charge < -0.3 is 9.88 Å². The topological polar surface area (TPSA) is 69.3 Å². The Bertz CT molecular complexity index is 795. The van der Waals surface area contributed by atoms with Crippen LogP contribution in [0.3, 0.4) is 0 Å². The third-order valence-corrected chi connectivity index (χ3v) is 5.00. The number of aromatic nitrogens is 2. The molecule has 25 heavy (non-hydrogen) atoms. The zero-order valence-electron chi connectivity index (χ0n) is 15.0. The first kappa shape index (κ1) is 17.6. The van der Waals surface area contributed by atoms with Crippen LogP contribution in [0, 0.1) is 0 Å². The molecule has 0 atom stereocenters. The Labute approximate surface area is 147 Å². The normalized spacial score (nSPS) is 15.6. The zero-order chi connectivity index (χ0) is 17.8. The summed E-state index contributed by atoms with van der Waals surface area (Å²) in [6.45, 7) is 0.758. The van der Waals surface area contributed by atoms with Crippen LogP contribution in [0.5, 0.6) is 0 Å². The fraction of sp³-hybridized carbons (Fsp3) is 0.526. The van der Waals surface area contributed by atoms with Crippen LogP contribution in [0.25, 0.3) is 10.9 Å². The molecule has 1 saturated carbocycles. The van der Waals surface area contributed by atoms with Crippen molar-refractivity contribution in [1.82, 2.24) is 19.8 Å². The van der Waals surface area contributed by atoms with E-state index in [4.69, 9.17) is 0 Å². The van der Waals surface area contributed by atoms with Gasteiger partial charge in [0.1, 0.15) is 5.82 Å². The SMILES string of the molecule is CN(CC(=O)N(C)C1CCCCC1)Cc1nc2ccccc2c(=O)[nH]1. The van der Waals surface area contributed by atoms with Crippen LogP contribution in [0.2, 0.25) is 0 Å². The molecular weight excluding hydrogens is 316 g/mol. The number of hydrogen-bond acceptors (Lipinski definition) is 4. The van der Waals surface area contributed by atoms with Crippen molar-refractivity contribution >= 4 is 16.8 Å². The summed E-state index contributed by atoms with van der Waals surface area (Å²) >= 11 is 0. The number of hydrogen-bond donors (Lipinski definition) is 1. The van der Waals surface area contributed by atoms with E-state index >= 15 is 0 Å². The van der Waals surface area contributed by atoms with Gasteiger partial charge in [0.05, 0.1) is 24.0 Å². The average Bonchev–Trinajstić information content (AvgIpc) is 2.61. The van der Waals surface area contributed by atoms with Crippen molar-refractivity contribution in [3.8, 4) is 0 Å². The van der Waals surface area contributed by atoms with Gasteiger partial charge in [-0.2, -0.15) is 0 Å². The van der Waals surface area contributed by atoms with E-state index in [-0.39, 0.29) is 11.5 Å². The summed E-state index contributed by atoms with van der Waals surface area (Å²) in [6.07, 6.45) is 5.90. The number of carbonyl (C=O) groups is 1. The molecule has 0 saturated heterocycles. The second-order valence-electron chi connectivity index (χ2n) is 7.00. The lowest BCUT2D eigenvalue weighted by molar-refractivity contribution is -0.133. The van der Waals surface area contributed by atoms with Crippen LogP contribution in [-0.2, 0) is 11.3 Å². The predicted octanol–water partition coefficient (Wildman–Crippen LogP) is 2.15. The minimum Gasteiger partial charge on any atom is -0.342 e. The van der Waals surface area contributed by atoms with E-state index < -0.39 is 0 Å². The van der Waals surface area contributed by atoms with Gasteiger partial charge in [-0.15, -0.1) is 0 Å². The first-order chi connectivity index (χ1) is 12.0. The molecule has 6 nitrogen and oxygen atoms in total. The summed E-state index contributed by atoms with van der Waals surface area (Å²) in [5, 5.41) is 0.585. The van der Waals surface area contributed by atoms with Gasteiger partial charge in [0, 0.05) is 13.1 Å². The molecule has 1 N–H and O–H groups in total. The Kier molecular flexibility index (Phi) is 5.48. The monoisotopic (exact) mass is 342 g/mol. The van der Waals surface area contributed by atoms with E-state index in [0.717, 1.165) is 12.8 Å². The molecule has 6 heteroatoms. The number of amides is 1. The number of carbonyl (C=O) groups excluding carboxylic acids is 1. The van der Waals surface area contributed by atoms with Gasteiger partial charge in [-0.3, -0.25) is 14.5 Å². The standard InChI is InChI=1S/C19H26N4O2/c1-22(13-18(24)23(2)14-8-4-3-5-9-14)12-17-20-16-11-7-6-10-15(16)19(25)21-17/h6-7,10-11,14H,3-5,8-9,12-13H2,1-2H3,(H,20,21,25). The number of fused-ring (bicyclic) bond motifs is 1. The summed E-state index contributed by atoms with van der Waals surface area (Å²) in [7, 11) is 3.78. The molecule has 1 aliphatic carbocycles. The molecule has 1 amide bonds. The first-order valence-corrected chi connectivity index (χ1v) is 8.97. The summed E-state index contributed by atoms with van der Waals surface area (Å²) in [6, 6.07) is 7.65. The van der Waals surface area contributed by atoms with E-state index in [0.29, 0.717) is 35.9 Å². The third-order valence-electron chi connectivity index (χ3n) is 5.00. The van der Waals surface area contributed by atoms with Gasteiger partial charge in [0.25, 0.3) is 5.56 Å². The smallest absolute Gasteiger partial charge is 0.258 e. The highest BCUT2D eigenvalue weighted by atomic mass is 16.2. The van der Waals surface area contributed by atoms with Crippen molar-refractivity contribution in [2.24, 2.45) is 0 Å². The highest BCUT2D eigenvalue weighted by Crippen LogP contribution is 2.21. The van der Waals surface area contributed by atoms with Gasteiger partial charge in [0.15, 0.2) is 0 Å². The fourth-order valence-electron chi connectivity index (χ4n) is 3.54. The molecule has 134 valence electrons. The van der Waals surface area contributed by atoms with Gasteiger partial charge in [0.2, 0.25) is 5.91 Å². The number of benzene rings is 1. The summed E-state index contributed by atoms with van der Waals surface area (Å²) < 4.78 is 0. The molecule has 0 aliphatic heterocycles. The molecule has 0 spiro atoms. The third kappa shape index (κ3) is 4.25. The maximum Gasteiger partial charge on any atom is 0.258 e. The number of nitrogens with zero attached hydrogens (tertiary/aromatic N) is 3. The number of nitrogens with one attached hydrogen (secondary N) is 1. The van der Waals surface area contributed by atoms with Crippen molar-refractivity contribution in [2.75, 3.05) is 20.6 Å². The quantitative estimate of drug-likeness (QED) is 0.904. The Morgan fingerprint density at radius 3 is 2.68 bits per heavy atom. The largest absolute Gasteiger partial charge is 0.342 e. The lowest BCUT2D eigenvalue weighted by Crippen LogP contribution is -2.43. The summed E-state index contributed by atoms with van der Waals surface area (Å²) in [5.41, 5.74) is 0.542. The Hall–Kier alpha value is -2.21. The van der Waals surface area contributed by atoms with Crippen LogP contribution in [-0.4, -0.2) is 52.4 Å². The number of para-hydroxylation sites is 1. The number of H-pyrrole nitrogens is 1. The maximum atomic E-state index is 12.5. The van der Waals surface area contributed by atoms with Crippen LogP contribution < -0.4 is 5.56 Å². The van der Waals surface area contributed by atoms with E-state index in [1.807, 2.05) is 42.1 Å². The minimum absolute atomic E-state index is 0.123. The molecule has 1 fully saturated rings. The molecule has 3 rings (SSSR count). The zero-order valence-corrected chi connectivity index (χ0v) is 15.0. The van der Waals surface area contributed by atoms with Crippen molar-refractivity contribution in [2.45, 2.75) is 44.7 Å². The molecule has 1 heterocycles. The average molecular weight is 342 g/mol. The Morgan fingerprint density at radius 2 is 1.92 bits per heavy atom. The van der Waals surface area contributed by atoms with Gasteiger partial charge in [-0.1, -0.05) is 31.4 Å². The molecular formula is C19H26N4O2. The lowest BCUT2D eigenvalue weighted by Gasteiger charge is -2.32. The first-order valence-electron chi connectivity index (χ1n) is 8.97. The van der Waals surface area contributed by atoms with Crippen LogP contribution in [0.4, 0.5) is 0 Å². The van der Waals surface area contributed by atoms with Gasteiger partial charge in [-0.05, 0) is 32.0 Å². The summed E-state index contributed by atoms with van der Waals surface area (Å²) in [4.78, 5) is 35.7. The van der Waals surface area contributed by atoms with E-state index in [2.05, 4.69) is 9.97 Å². The van der Waals surface area contributed by atoms with E-state index in [9.17, 15) is 9.59 Å². The van der Waals surface area contributed by atoms with Crippen molar-refractivity contribution in [3.05, 3.63) is 40.4 Å². The second-order valence-corrected chi connectivity index (χ2v) is 7.00. The van der Waals surface area contributed by atoms with Crippen LogP contribution in [0.15, 0.2) is 29.1 Å². The van der Waals surface area contributed by atoms with Crippen molar-refractivity contribution in [1.29, 1.82) is 0 Å². The molecule has 1 aromatic heterocycles. The molecule has 1 aromatic carbocycles.